The van der Waals surface area contributed by atoms with Gasteiger partial charge in [0, 0.05) is 11.4 Å². The van der Waals surface area contributed by atoms with E-state index < -0.39 is 5.91 Å². The Kier molecular flexibility index (Phi) is 7.05. The topological polar surface area (TPSA) is 92.7 Å². The molecule has 0 atom stereocenters. The molecule has 0 unspecified atom stereocenters. The molecule has 2 amide bonds. The second-order valence-electron chi connectivity index (χ2n) is 6.38. The summed E-state index contributed by atoms with van der Waals surface area (Å²) in [7, 11) is 0. The van der Waals surface area contributed by atoms with Crippen LogP contribution in [-0.2, 0) is 9.59 Å². The molecule has 2 aromatic rings. The average molecular weight is 368 g/mol. The van der Waals surface area contributed by atoms with E-state index in [0.29, 0.717) is 17.3 Å². The van der Waals surface area contributed by atoms with Gasteiger partial charge in [0.25, 0.3) is 5.91 Å². The normalized spacial score (nSPS) is 11.0. The highest BCUT2D eigenvalue weighted by atomic mass is 16.5. The summed E-state index contributed by atoms with van der Waals surface area (Å²) >= 11 is 0. The Morgan fingerprint density at radius 1 is 1.07 bits per heavy atom. The van der Waals surface area contributed by atoms with Gasteiger partial charge in [-0.1, -0.05) is 12.1 Å². The molecule has 7 nitrogen and oxygen atoms in total. The largest absolute Gasteiger partial charge is 0.484 e. The van der Waals surface area contributed by atoms with Crippen molar-refractivity contribution < 1.29 is 14.3 Å². The van der Waals surface area contributed by atoms with Crippen LogP contribution in [0.15, 0.2) is 41.5 Å². The molecule has 2 rings (SSSR count). The number of ether oxygens (including phenoxy) is 1. The van der Waals surface area contributed by atoms with E-state index in [-0.39, 0.29) is 18.9 Å². The van der Waals surface area contributed by atoms with Crippen molar-refractivity contribution in [3.8, 4) is 5.75 Å². The molecule has 0 aliphatic rings. The molecule has 0 saturated carbocycles. The Morgan fingerprint density at radius 2 is 1.78 bits per heavy atom. The maximum atomic E-state index is 12.0. The number of nitrogens with zero attached hydrogens (tertiary/aromatic N) is 2. The number of anilines is 1. The van der Waals surface area contributed by atoms with Gasteiger partial charge in [0.2, 0.25) is 5.91 Å². The Bertz CT molecular complexity index is 842. The molecule has 7 heteroatoms. The summed E-state index contributed by atoms with van der Waals surface area (Å²) < 4.78 is 5.46. The van der Waals surface area contributed by atoms with Gasteiger partial charge >= 0.3 is 0 Å². The number of rotatable bonds is 7. The first-order chi connectivity index (χ1) is 12.8. The summed E-state index contributed by atoms with van der Waals surface area (Å²) in [5.41, 5.74) is 5.80. The van der Waals surface area contributed by atoms with Gasteiger partial charge in [-0.3, -0.25) is 9.59 Å². The van der Waals surface area contributed by atoms with Gasteiger partial charge in [-0.2, -0.15) is 5.10 Å². The summed E-state index contributed by atoms with van der Waals surface area (Å²) in [4.78, 5) is 28.0. The molecular formula is C20H24N4O3. The number of hydrazone groups is 1. The predicted molar refractivity (Wildman–Crippen MR) is 105 cm³/mol. The maximum Gasteiger partial charge on any atom is 0.277 e. The quantitative estimate of drug-likeness (QED) is 0.580. The van der Waals surface area contributed by atoms with Gasteiger partial charge in [-0.05, 0) is 63.1 Å². The van der Waals surface area contributed by atoms with Gasteiger partial charge in [0.1, 0.15) is 11.6 Å². The van der Waals surface area contributed by atoms with Crippen molar-refractivity contribution in [1.29, 1.82) is 0 Å². The predicted octanol–water partition coefficient (Wildman–Crippen LogP) is 2.91. The molecule has 0 bridgehead atoms. The van der Waals surface area contributed by atoms with Gasteiger partial charge in [-0.25, -0.2) is 10.4 Å². The smallest absolute Gasteiger partial charge is 0.277 e. The van der Waals surface area contributed by atoms with Crippen LogP contribution >= 0.6 is 0 Å². The molecule has 0 fully saturated rings. The minimum Gasteiger partial charge on any atom is -0.484 e. The lowest BCUT2D eigenvalue weighted by Gasteiger charge is -2.08. The van der Waals surface area contributed by atoms with Crippen LogP contribution in [0, 0.1) is 20.8 Å². The van der Waals surface area contributed by atoms with Crippen molar-refractivity contribution in [3.63, 3.8) is 0 Å². The molecule has 0 saturated heterocycles. The summed E-state index contributed by atoms with van der Waals surface area (Å²) in [6.07, 6.45) is 0.0494. The standard InChI is InChI=1S/C20H24N4O3/c1-13-8-14(2)10-17(9-13)27-12-20(26)24-23-16(4)11-19(25)22-18-7-5-6-15(3)21-18/h5-10H,11-12H2,1-4H3,(H,24,26)(H,21,22,25)/b23-16+. The van der Waals surface area contributed by atoms with Crippen molar-refractivity contribution in [3.05, 3.63) is 53.2 Å². The third-order valence-corrected chi connectivity index (χ3v) is 3.51. The van der Waals surface area contributed by atoms with E-state index in [2.05, 4.69) is 20.8 Å². The Labute approximate surface area is 158 Å². The van der Waals surface area contributed by atoms with E-state index in [4.69, 9.17) is 4.74 Å². The fourth-order valence-electron chi connectivity index (χ4n) is 2.43. The lowest BCUT2D eigenvalue weighted by atomic mass is 10.1. The monoisotopic (exact) mass is 368 g/mol. The van der Waals surface area contributed by atoms with Crippen LogP contribution in [0.25, 0.3) is 0 Å². The summed E-state index contributed by atoms with van der Waals surface area (Å²) in [5.74, 6) is 0.469. The van der Waals surface area contributed by atoms with E-state index in [1.165, 1.54) is 0 Å². The SMILES string of the molecule is C/C(CC(=O)Nc1cccc(C)n1)=N\NC(=O)COc1cc(C)cc(C)c1. The number of hydrogen-bond donors (Lipinski definition) is 2. The van der Waals surface area contributed by atoms with Gasteiger partial charge in [0.15, 0.2) is 6.61 Å². The molecule has 2 N–H and O–H groups in total. The van der Waals surface area contributed by atoms with Crippen LogP contribution in [0.2, 0.25) is 0 Å². The summed E-state index contributed by atoms with van der Waals surface area (Å²) in [5, 5.41) is 6.62. The number of nitrogens with one attached hydrogen (secondary N) is 2. The molecule has 27 heavy (non-hydrogen) atoms. The lowest BCUT2D eigenvalue weighted by molar-refractivity contribution is -0.123. The number of aryl methyl sites for hydroxylation is 3. The number of aromatic nitrogens is 1. The molecule has 0 aliphatic carbocycles. The van der Waals surface area contributed by atoms with Gasteiger partial charge < -0.3 is 10.1 Å². The molecule has 142 valence electrons. The van der Waals surface area contributed by atoms with Crippen molar-refractivity contribution >= 4 is 23.3 Å². The van der Waals surface area contributed by atoms with Crippen molar-refractivity contribution in [2.75, 3.05) is 11.9 Å². The Hall–Kier alpha value is -3.22. The molecule has 1 heterocycles. The van der Waals surface area contributed by atoms with E-state index in [0.717, 1.165) is 16.8 Å². The summed E-state index contributed by atoms with van der Waals surface area (Å²) in [6.45, 7) is 7.28. The first kappa shape index (κ1) is 20.1. The van der Waals surface area contributed by atoms with Crippen LogP contribution in [0.1, 0.15) is 30.2 Å². The maximum absolute atomic E-state index is 12.0. The van der Waals surface area contributed by atoms with Gasteiger partial charge in [-0.15, -0.1) is 0 Å². The van der Waals surface area contributed by atoms with E-state index in [1.807, 2.05) is 51.1 Å². The number of hydrogen-bond acceptors (Lipinski definition) is 5. The molecular weight excluding hydrogens is 344 g/mol. The minimum absolute atomic E-state index is 0.0494. The van der Waals surface area contributed by atoms with Crippen LogP contribution in [0.5, 0.6) is 5.75 Å². The fraction of sp³-hybridized carbons (Fsp3) is 0.300. The number of amides is 2. The Balaban J connectivity index is 1.78. The zero-order chi connectivity index (χ0) is 19.8. The highest BCUT2D eigenvalue weighted by Gasteiger charge is 2.07. The van der Waals surface area contributed by atoms with Crippen molar-refractivity contribution in [2.45, 2.75) is 34.1 Å². The van der Waals surface area contributed by atoms with Crippen LogP contribution in [0.4, 0.5) is 5.82 Å². The second-order valence-corrected chi connectivity index (χ2v) is 6.38. The molecule has 1 aromatic carbocycles. The van der Waals surface area contributed by atoms with Crippen molar-refractivity contribution in [2.24, 2.45) is 5.10 Å². The van der Waals surface area contributed by atoms with Crippen LogP contribution in [0.3, 0.4) is 0 Å². The molecule has 0 spiro atoms. The second kappa shape index (κ2) is 9.47. The highest BCUT2D eigenvalue weighted by molar-refractivity contribution is 6.05. The average Bonchev–Trinajstić information content (AvgIpc) is 2.57. The number of carbonyl (C=O) groups is 2. The Morgan fingerprint density at radius 3 is 2.44 bits per heavy atom. The highest BCUT2D eigenvalue weighted by Crippen LogP contribution is 2.15. The van der Waals surface area contributed by atoms with Crippen LogP contribution < -0.4 is 15.5 Å². The molecule has 0 radical (unpaired) electrons. The zero-order valence-electron chi connectivity index (χ0n) is 16.0. The van der Waals surface area contributed by atoms with E-state index in [9.17, 15) is 9.59 Å². The lowest BCUT2D eigenvalue weighted by Crippen LogP contribution is -2.26. The molecule has 0 aliphatic heterocycles. The summed E-state index contributed by atoms with van der Waals surface area (Å²) in [6, 6.07) is 11.1. The fourth-order valence-corrected chi connectivity index (χ4v) is 2.43. The third-order valence-electron chi connectivity index (χ3n) is 3.51. The van der Waals surface area contributed by atoms with Crippen molar-refractivity contribution in [1.82, 2.24) is 10.4 Å². The number of benzene rings is 1. The number of pyridine rings is 1. The number of carbonyl (C=O) groups excluding carboxylic acids is 2. The first-order valence-electron chi connectivity index (χ1n) is 8.58. The van der Waals surface area contributed by atoms with E-state index >= 15 is 0 Å². The van der Waals surface area contributed by atoms with Gasteiger partial charge in [0.05, 0.1) is 6.42 Å². The molecule has 1 aromatic heterocycles. The first-order valence-corrected chi connectivity index (χ1v) is 8.58. The van der Waals surface area contributed by atoms with E-state index in [1.54, 1.807) is 13.0 Å². The third kappa shape index (κ3) is 7.27. The zero-order valence-corrected chi connectivity index (χ0v) is 16.0. The van der Waals surface area contributed by atoms with Crippen LogP contribution in [-0.4, -0.2) is 29.1 Å². The minimum atomic E-state index is -0.394.